The van der Waals surface area contributed by atoms with Crippen LogP contribution < -0.4 is 10.2 Å². The summed E-state index contributed by atoms with van der Waals surface area (Å²) in [6, 6.07) is 10.4. The van der Waals surface area contributed by atoms with Crippen LogP contribution in [-0.2, 0) is 0 Å². The van der Waals surface area contributed by atoms with E-state index in [9.17, 15) is 4.79 Å². The van der Waals surface area contributed by atoms with E-state index in [0.29, 0.717) is 0 Å². The fourth-order valence-electron chi connectivity index (χ4n) is 3.25. The van der Waals surface area contributed by atoms with Crippen LogP contribution in [0.5, 0.6) is 0 Å². The van der Waals surface area contributed by atoms with E-state index in [0.717, 1.165) is 46.7 Å². The number of carbonyl (C=O) groups excluding carboxylic acids is 1. The summed E-state index contributed by atoms with van der Waals surface area (Å²) < 4.78 is 0. The van der Waals surface area contributed by atoms with Gasteiger partial charge < -0.3 is 10.2 Å². The molecule has 0 radical (unpaired) electrons. The Labute approximate surface area is 145 Å². The third-order valence-electron chi connectivity index (χ3n) is 4.50. The van der Waals surface area contributed by atoms with E-state index in [4.69, 9.17) is 0 Å². The van der Waals surface area contributed by atoms with Gasteiger partial charge in [-0.05, 0) is 70.4 Å². The minimum atomic E-state index is -0.0372. The molecule has 0 unspecified atom stereocenters. The predicted molar refractivity (Wildman–Crippen MR) is 103 cm³/mol. The lowest BCUT2D eigenvalue weighted by Crippen LogP contribution is -2.22. The van der Waals surface area contributed by atoms with Crippen LogP contribution in [0.1, 0.15) is 46.5 Å². The Hall–Kier alpha value is -2.29. The molecule has 0 heterocycles. The standard InChI is InChI=1S/C21H28N2O/c1-7-23(8-2)18-10-9-15(4)19(13-18)22-21(24)20-16(5)11-14(3)12-17(20)6/h9-13H,7-8H2,1-6H3,(H,22,24). The molecule has 0 atom stereocenters. The second-order valence-electron chi connectivity index (χ2n) is 6.40. The molecule has 0 bridgehead atoms. The maximum Gasteiger partial charge on any atom is 0.256 e. The minimum Gasteiger partial charge on any atom is -0.372 e. The van der Waals surface area contributed by atoms with Crippen LogP contribution in [0.4, 0.5) is 11.4 Å². The second-order valence-corrected chi connectivity index (χ2v) is 6.40. The van der Waals surface area contributed by atoms with E-state index in [1.807, 2.05) is 20.8 Å². The summed E-state index contributed by atoms with van der Waals surface area (Å²) in [7, 11) is 0. The highest BCUT2D eigenvalue weighted by atomic mass is 16.1. The van der Waals surface area contributed by atoms with E-state index >= 15 is 0 Å². The van der Waals surface area contributed by atoms with Crippen LogP contribution in [0.3, 0.4) is 0 Å². The van der Waals surface area contributed by atoms with Crippen molar-refractivity contribution in [2.45, 2.75) is 41.5 Å². The molecule has 24 heavy (non-hydrogen) atoms. The highest BCUT2D eigenvalue weighted by Gasteiger charge is 2.15. The van der Waals surface area contributed by atoms with Gasteiger partial charge in [-0.2, -0.15) is 0 Å². The highest BCUT2D eigenvalue weighted by molar-refractivity contribution is 6.06. The van der Waals surface area contributed by atoms with Crippen molar-refractivity contribution in [1.29, 1.82) is 0 Å². The summed E-state index contributed by atoms with van der Waals surface area (Å²) in [4.78, 5) is 15.1. The number of nitrogens with one attached hydrogen (secondary N) is 1. The first kappa shape index (κ1) is 18.1. The van der Waals surface area contributed by atoms with Crippen LogP contribution in [0, 0.1) is 27.7 Å². The summed E-state index contributed by atoms with van der Waals surface area (Å²) in [6.07, 6.45) is 0. The lowest BCUT2D eigenvalue weighted by atomic mass is 9.99. The zero-order valence-electron chi connectivity index (χ0n) is 15.7. The lowest BCUT2D eigenvalue weighted by molar-refractivity contribution is 0.102. The fraction of sp³-hybridized carbons (Fsp3) is 0.381. The Morgan fingerprint density at radius 2 is 1.50 bits per heavy atom. The van der Waals surface area contributed by atoms with Crippen LogP contribution in [0.15, 0.2) is 30.3 Å². The van der Waals surface area contributed by atoms with Crippen molar-refractivity contribution in [3.8, 4) is 0 Å². The van der Waals surface area contributed by atoms with Crippen molar-refractivity contribution in [3.05, 3.63) is 58.1 Å². The molecule has 0 fully saturated rings. The molecule has 0 saturated heterocycles. The molecule has 0 spiro atoms. The van der Waals surface area contributed by atoms with Gasteiger partial charge in [-0.15, -0.1) is 0 Å². The number of benzene rings is 2. The largest absolute Gasteiger partial charge is 0.372 e. The Bertz CT molecular complexity index is 722. The van der Waals surface area contributed by atoms with Crippen molar-refractivity contribution in [2.75, 3.05) is 23.3 Å². The van der Waals surface area contributed by atoms with E-state index in [2.05, 4.69) is 61.3 Å². The molecule has 1 amide bonds. The van der Waals surface area contributed by atoms with Gasteiger partial charge in [-0.3, -0.25) is 4.79 Å². The quantitative estimate of drug-likeness (QED) is 0.837. The molecule has 2 rings (SSSR count). The maximum absolute atomic E-state index is 12.8. The lowest BCUT2D eigenvalue weighted by Gasteiger charge is -2.22. The van der Waals surface area contributed by atoms with Crippen LogP contribution in [-0.4, -0.2) is 19.0 Å². The first-order valence-corrected chi connectivity index (χ1v) is 8.62. The van der Waals surface area contributed by atoms with E-state index < -0.39 is 0 Å². The first-order chi connectivity index (χ1) is 11.4. The molecule has 0 aliphatic heterocycles. The zero-order valence-corrected chi connectivity index (χ0v) is 15.7. The molecular weight excluding hydrogens is 296 g/mol. The molecule has 2 aromatic carbocycles. The van der Waals surface area contributed by atoms with Crippen LogP contribution in [0.2, 0.25) is 0 Å². The monoisotopic (exact) mass is 324 g/mol. The molecule has 128 valence electrons. The Morgan fingerprint density at radius 1 is 0.917 bits per heavy atom. The van der Waals surface area contributed by atoms with Crippen molar-refractivity contribution in [1.82, 2.24) is 0 Å². The third kappa shape index (κ3) is 3.78. The van der Waals surface area contributed by atoms with Gasteiger partial charge in [0, 0.05) is 30.0 Å². The zero-order chi connectivity index (χ0) is 17.9. The number of hydrogen-bond donors (Lipinski definition) is 1. The van der Waals surface area contributed by atoms with Crippen molar-refractivity contribution in [2.24, 2.45) is 0 Å². The smallest absolute Gasteiger partial charge is 0.256 e. The Balaban J connectivity index is 2.34. The van der Waals surface area contributed by atoms with Gasteiger partial charge in [0.15, 0.2) is 0 Å². The fourth-order valence-corrected chi connectivity index (χ4v) is 3.25. The topological polar surface area (TPSA) is 32.3 Å². The van der Waals surface area contributed by atoms with Crippen molar-refractivity contribution >= 4 is 17.3 Å². The molecule has 0 aliphatic carbocycles. The Morgan fingerprint density at radius 3 is 2.04 bits per heavy atom. The van der Waals surface area contributed by atoms with Gasteiger partial charge in [0.25, 0.3) is 5.91 Å². The van der Waals surface area contributed by atoms with E-state index in [1.54, 1.807) is 0 Å². The highest BCUT2D eigenvalue weighted by Crippen LogP contribution is 2.25. The SMILES string of the molecule is CCN(CC)c1ccc(C)c(NC(=O)c2c(C)cc(C)cc2C)c1. The van der Waals surface area contributed by atoms with Gasteiger partial charge in [-0.25, -0.2) is 0 Å². The number of rotatable bonds is 5. The van der Waals surface area contributed by atoms with Gasteiger partial charge in [0.2, 0.25) is 0 Å². The Kier molecular flexibility index (Phi) is 5.66. The van der Waals surface area contributed by atoms with Crippen molar-refractivity contribution in [3.63, 3.8) is 0 Å². The molecular formula is C21H28N2O. The first-order valence-electron chi connectivity index (χ1n) is 8.62. The summed E-state index contributed by atoms with van der Waals surface area (Å²) in [6.45, 7) is 14.2. The number of anilines is 2. The number of aryl methyl sites for hydroxylation is 4. The van der Waals surface area contributed by atoms with Crippen LogP contribution >= 0.6 is 0 Å². The number of amides is 1. The maximum atomic E-state index is 12.8. The summed E-state index contributed by atoms with van der Waals surface area (Å²) in [5, 5.41) is 3.11. The average Bonchev–Trinajstić information content (AvgIpc) is 2.50. The van der Waals surface area contributed by atoms with Crippen molar-refractivity contribution < 1.29 is 4.79 Å². The van der Waals surface area contributed by atoms with Gasteiger partial charge in [0.1, 0.15) is 0 Å². The average molecular weight is 324 g/mol. The predicted octanol–water partition coefficient (Wildman–Crippen LogP) is 5.02. The number of hydrogen-bond acceptors (Lipinski definition) is 2. The van der Waals surface area contributed by atoms with E-state index in [-0.39, 0.29) is 5.91 Å². The van der Waals surface area contributed by atoms with Gasteiger partial charge >= 0.3 is 0 Å². The molecule has 0 aliphatic rings. The third-order valence-corrected chi connectivity index (χ3v) is 4.50. The van der Waals surface area contributed by atoms with E-state index in [1.165, 1.54) is 5.56 Å². The molecule has 0 saturated carbocycles. The van der Waals surface area contributed by atoms with Gasteiger partial charge in [-0.1, -0.05) is 23.8 Å². The minimum absolute atomic E-state index is 0.0372. The molecule has 1 N–H and O–H groups in total. The molecule has 3 nitrogen and oxygen atoms in total. The number of nitrogens with zero attached hydrogens (tertiary/aromatic N) is 1. The normalized spacial score (nSPS) is 10.6. The van der Waals surface area contributed by atoms with Crippen LogP contribution in [0.25, 0.3) is 0 Å². The molecule has 2 aromatic rings. The second kappa shape index (κ2) is 7.52. The summed E-state index contributed by atoms with van der Waals surface area (Å²) in [5.74, 6) is -0.0372. The number of carbonyl (C=O) groups is 1. The summed E-state index contributed by atoms with van der Waals surface area (Å²) in [5.41, 5.74) is 7.07. The molecule has 0 aromatic heterocycles. The van der Waals surface area contributed by atoms with Gasteiger partial charge in [0.05, 0.1) is 0 Å². The summed E-state index contributed by atoms with van der Waals surface area (Å²) >= 11 is 0. The molecule has 3 heteroatoms.